The molecule has 0 aliphatic carbocycles. The predicted octanol–water partition coefficient (Wildman–Crippen LogP) is 5.39. The fourth-order valence-electron chi connectivity index (χ4n) is 2.93. The quantitative estimate of drug-likeness (QED) is 0.526. The number of carbonyl (C=O) groups excluding carboxylic acids is 2. The average molecular weight is 404 g/mol. The molecule has 0 heterocycles. The number of halogens is 1. The third-order valence-corrected chi connectivity index (χ3v) is 4.74. The van der Waals surface area contributed by atoms with Crippen LogP contribution in [0.5, 0.6) is 11.5 Å². The van der Waals surface area contributed by atoms with E-state index in [4.69, 9.17) is 21.1 Å². The number of Topliss-reactive ketones (excluding diaryl/α,β-unsaturated/α-hetero) is 1. The van der Waals surface area contributed by atoms with Crippen molar-refractivity contribution in [2.75, 3.05) is 20.2 Å². The van der Waals surface area contributed by atoms with Crippen LogP contribution in [0.3, 0.4) is 0 Å². The Morgan fingerprint density at radius 3 is 2.43 bits per heavy atom. The zero-order valence-corrected chi connectivity index (χ0v) is 17.3. The largest absolute Gasteiger partial charge is 0.496 e. The van der Waals surface area contributed by atoms with Crippen LogP contribution in [0.1, 0.15) is 42.6 Å². The maximum Gasteiger partial charge on any atom is 0.415 e. The first-order valence-corrected chi connectivity index (χ1v) is 9.79. The summed E-state index contributed by atoms with van der Waals surface area (Å²) in [4.78, 5) is 26.6. The maximum absolute atomic E-state index is 12.8. The number of benzene rings is 2. The van der Waals surface area contributed by atoms with Gasteiger partial charge in [0.15, 0.2) is 5.78 Å². The summed E-state index contributed by atoms with van der Waals surface area (Å²) < 4.78 is 10.8. The van der Waals surface area contributed by atoms with Crippen LogP contribution < -0.4 is 9.47 Å². The van der Waals surface area contributed by atoms with Crippen molar-refractivity contribution in [2.24, 2.45) is 0 Å². The Labute approximate surface area is 171 Å². The number of amides is 1. The monoisotopic (exact) mass is 403 g/mol. The molecule has 0 saturated heterocycles. The summed E-state index contributed by atoms with van der Waals surface area (Å²) in [7, 11) is 1.63. The van der Waals surface area contributed by atoms with Crippen LogP contribution in [0, 0.1) is 0 Å². The molecule has 0 bridgehead atoms. The van der Waals surface area contributed by atoms with E-state index in [9.17, 15) is 9.59 Å². The van der Waals surface area contributed by atoms with E-state index in [1.54, 1.807) is 30.2 Å². The minimum Gasteiger partial charge on any atom is -0.496 e. The van der Waals surface area contributed by atoms with Gasteiger partial charge in [-0.1, -0.05) is 29.8 Å². The molecule has 150 valence electrons. The first-order valence-electron chi connectivity index (χ1n) is 9.41. The minimum atomic E-state index is -0.476. The molecule has 6 heteroatoms. The molecule has 1 amide bonds. The van der Waals surface area contributed by atoms with Crippen LogP contribution >= 0.6 is 11.6 Å². The van der Waals surface area contributed by atoms with E-state index in [0.717, 1.165) is 11.3 Å². The number of rotatable bonds is 9. The maximum atomic E-state index is 12.8. The lowest BCUT2D eigenvalue weighted by atomic mass is 10.0. The summed E-state index contributed by atoms with van der Waals surface area (Å²) in [6.07, 6.45) is 1.20. The Morgan fingerprint density at radius 2 is 1.75 bits per heavy atom. The lowest BCUT2D eigenvalue weighted by molar-refractivity contribution is 0.0976. The third-order valence-electron chi connectivity index (χ3n) is 4.50. The molecular weight excluding hydrogens is 378 g/mol. The van der Waals surface area contributed by atoms with Crippen LogP contribution in [-0.4, -0.2) is 37.0 Å². The molecule has 0 aliphatic rings. The molecule has 0 N–H and O–H groups in total. The van der Waals surface area contributed by atoms with Crippen molar-refractivity contribution in [1.29, 1.82) is 0 Å². The van der Waals surface area contributed by atoms with Gasteiger partial charge in [0.05, 0.1) is 12.7 Å². The summed E-state index contributed by atoms with van der Waals surface area (Å²) in [5.41, 5.74) is 1.38. The van der Waals surface area contributed by atoms with Crippen LogP contribution in [-0.2, 0) is 6.42 Å². The van der Waals surface area contributed by atoms with Gasteiger partial charge in [0.25, 0.3) is 0 Å². The number of para-hydroxylation sites is 1. The number of nitrogens with zero attached hydrogens (tertiary/aromatic N) is 1. The van der Waals surface area contributed by atoms with E-state index in [1.807, 2.05) is 38.1 Å². The van der Waals surface area contributed by atoms with Crippen LogP contribution in [0.15, 0.2) is 42.5 Å². The SMILES string of the molecule is CCN(CC)C(=O)Oc1ccc(Cl)cc1C(=O)CCCc1ccccc1OC. The van der Waals surface area contributed by atoms with Gasteiger partial charge in [-0.05, 0) is 56.5 Å². The Balaban J connectivity index is 2.07. The lowest BCUT2D eigenvalue weighted by Gasteiger charge is -2.19. The van der Waals surface area contributed by atoms with Crippen molar-refractivity contribution in [3.05, 3.63) is 58.6 Å². The van der Waals surface area contributed by atoms with Gasteiger partial charge < -0.3 is 14.4 Å². The predicted molar refractivity (Wildman–Crippen MR) is 111 cm³/mol. The molecular formula is C22H26ClNO4. The van der Waals surface area contributed by atoms with Crippen LogP contribution in [0.25, 0.3) is 0 Å². The molecule has 0 radical (unpaired) electrons. The normalized spacial score (nSPS) is 10.4. The molecule has 0 aliphatic heterocycles. The van der Waals surface area contributed by atoms with E-state index in [0.29, 0.717) is 42.9 Å². The summed E-state index contributed by atoms with van der Waals surface area (Å²) in [5.74, 6) is 0.940. The van der Waals surface area contributed by atoms with Gasteiger partial charge in [-0.25, -0.2) is 4.79 Å². The van der Waals surface area contributed by atoms with E-state index in [1.165, 1.54) is 0 Å². The Hall–Kier alpha value is -2.53. The number of ketones is 1. The van der Waals surface area contributed by atoms with Crippen molar-refractivity contribution in [1.82, 2.24) is 4.90 Å². The number of aryl methyl sites for hydroxylation is 1. The fraction of sp³-hybridized carbons (Fsp3) is 0.364. The zero-order valence-electron chi connectivity index (χ0n) is 16.5. The smallest absolute Gasteiger partial charge is 0.415 e. The van der Waals surface area contributed by atoms with Crippen molar-refractivity contribution in [3.8, 4) is 11.5 Å². The van der Waals surface area contributed by atoms with E-state index in [-0.39, 0.29) is 11.5 Å². The van der Waals surface area contributed by atoms with E-state index in [2.05, 4.69) is 0 Å². The van der Waals surface area contributed by atoms with Crippen molar-refractivity contribution >= 4 is 23.5 Å². The highest BCUT2D eigenvalue weighted by molar-refractivity contribution is 6.31. The average Bonchev–Trinajstić information content (AvgIpc) is 2.70. The number of carbonyl (C=O) groups is 2. The van der Waals surface area contributed by atoms with Gasteiger partial charge in [0.1, 0.15) is 11.5 Å². The lowest BCUT2D eigenvalue weighted by Crippen LogP contribution is -2.33. The molecule has 28 heavy (non-hydrogen) atoms. The van der Waals surface area contributed by atoms with Gasteiger partial charge in [-0.15, -0.1) is 0 Å². The fourth-order valence-corrected chi connectivity index (χ4v) is 3.11. The van der Waals surface area contributed by atoms with Crippen molar-refractivity contribution in [2.45, 2.75) is 33.1 Å². The van der Waals surface area contributed by atoms with Crippen LogP contribution in [0.2, 0.25) is 5.02 Å². The molecule has 2 aromatic rings. The number of methoxy groups -OCH3 is 1. The zero-order chi connectivity index (χ0) is 20.5. The van der Waals surface area contributed by atoms with Gasteiger partial charge in [0.2, 0.25) is 0 Å². The first-order chi connectivity index (χ1) is 13.5. The summed E-state index contributed by atoms with van der Waals surface area (Å²) in [6.45, 7) is 4.81. The standard InChI is InChI=1S/C22H26ClNO4/c1-4-24(5-2)22(26)28-21-14-13-17(23)15-18(21)19(25)11-8-10-16-9-6-7-12-20(16)27-3/h6-7,9,12-15H,4-5,8,10-11H2,1-3H3. The highest BCUT2D eigenvalue weighted by atomic mass is 35.5. The van der Waals surface area contributed by atoms with E-state index >= 15 is 0 Å². The number of hydrogen-bond acceptors (Lipinski definition) is 4. The topological polar surface area (TPSA) is 55.8 Å². The Bertz CT molecular complexity index is 818. The molecule has 0 atom stereocenters. The van der Waals surface area contributed by atoms with Gasteiger partial charge >= 0.3 is 6.09 Å². The molecule has 0 saturated carbocycles. The molecule has 5 nitrogen and oxygen atoms in total. The molecule has 0 spiro atoms. The van der Waals surface area contributed by atoms with E-state index < -0.39 is 6.09 Å². The molecule has 0 unspecified atom stereocenters. The first kappa shape index (κ1) is 21.8. The molecule has 0 aromatic heterocycles. The molecule has 0 fully saturated rings. The second-order valence-corrected chi connectivity index (χ2v) is 6.71. The number of hydrogen-bond donors (Lipinski definition) is 0. The highest BCUT2D eigenvalue weighted by Gasteiger charge is 2.18. The second-order valence-electron chi connectivity index (χ2n) is 6.27. The van der Waals surface area contributed by atoms with Crippen molar-refractivity contribution in [3.63, 3.8) is 0 Å². The summed E-state index contributed by atoms with van der Waals surface area (Å²) >= 11 is 6.06. The van der Waals surface area contributed by atoms with Gasteiger partial charge in [-0.3, -0.25) is 4.79 Å². The third kappa shape index (κ3) is 5.73. The van der Waals surface area contributed by atoms with Gasteiger partial charge in [-0.2, -0.15) is 0 Å². The van der Waals surface area contributed by atoms with Crippen LogP contribution in [0.4, 0.5) is 4.79 Å². The second kappa shape index (κ2) is 10.7. The molecule has 2 rings (SSSR count). The Morgan fingerprint density at radius 1 is 1.04 bits per heavy atom. The minimum absolute atomic E-state index is 0.111. The summed E-state index contributed by atoms with van der Waals surface area (Å²) in [5, 5.41) is 0.427. The Kier molecular flexibility index (Phi) is 8.33. The summed E-state index contributed by atoms with van der Waals surface area (Å²) in [6, 6.07) is 12.5. The van der Waals surface area contributed by atoms with Crippen molar-refractivity contribution < 1.29 is 19.1 Å². The molecule has 2 aromatic carbocycles. The number of ether oxygens (including phenoxy) is 2. The van der Waals surface area contributed by atoms with Gasteiger partial charge in [0, 0.05) is 24.5 Å². The highest BCUT2D eigenvalue weighted by Crippen LogP contribution is 2.26.